The third kappa shape index (κ3) is 3.01. The number of fused-ring (bicyclic) bond motifs is 1. The smallest absolute Gasteiger partial charge is 0.160 e. The van der Waals surface area contributed by atoms with E-state index in [1.54, 1.807) is 0 Å². The average molecular weight is 322 g/mol. The molecule has 0 spiro atoms. The molecule has 0 aliphatic carbocycles. The molecule has 1 saturated heterocycles. The molecule has 3 aromatic heterocycles. The zero-order valence-electron chi connectivity index (χ0n) is 14.0. The molecule has 0 aromatic carbocycles. The summed E-state index contributed by atoms with van der Waals surface area (Å²) in [6, 6.07) is 8.06. The Morgan fingerprint density at radius 2 is 2.17 bits per heavy atom. The second-order valence-electron chi connectivity index (χ2n) is 6.38. The summed E-state index contributed by atoms with van der Waals surface area (Å²) < 4.78 is 2.12. The van der Waals surface area contributed by atoms with Gasteiger partial charge < -0.3 is 0 Å². The van der Waals surface area contributed by atoms with Crippen LogP contribution >= 0.6 is 0 Å². The van der Waals surface area contributed by atoms with E-state index in [1.165, 1.54) is 6.42 Å². The number of aryl methyl sites for hydroxylation is 1. The van der Waals surface area contributed by atoms with Crippen molar-refractivity contribution < 1.29 is 0 Å². The number of hydrogen-bond donors (Lipinski definition) is 0. The summed E-state index contributed by atoms with van der Waals surface area (Å²) >= 11 is 0. The molecule has 1 aliphatic heterocycles. The third-order valence-corrected chi connectivity index (χ3v) is 4.68. The lowest BCUT2D eigenvalue weighted by Gasteiger charge is -2.31. The molecular weight excluding hydrogens is 300 g/mol. The largest absolute Gasteiger partial charge is 0.297 e. The molecule has 1 unspecified atom stereocenters. The van der Waals surface area contributed by atoms with E-state index >= 15 is 0 Å². The van der Waals surface area contributed by atoms with Gasteiger partial charge in [-0.1, -0.05) is 13.0 Å². The molecule has 6 nitrogen and oxygen atoms in total. The van der Waals surface area contributed by atoms with E-state index in [0.29, 0.717) is 5.92 Å². The summed E-state index contributed by atoms with van der Waals surface area (Å²) in [6.07, 6.45) is 7.15. The Bertz CT molecular complexity index is 827. The van der Waals surface area contributed by atoms with Crippen molar-refractivity contribution in [3.8, 4) is 0 Å². The first-order chi connectivity index (χ1) is 11.8. The molecule has 4 rings (SSSR count). The summed E-state index contributed by atoms with van der Waals surface area (Å²) in [5.74, 6) is 2.42. The van der Waals surface area contributed by atoms with E-state index in [2.05, 4.69) is 42.6 Å². The average Bonchev–Trinajstić information content (AvgIpc) is 3.06. The number of pyridine rings is 1. The minimum absolute atomic E-state index is 0.420. The van der Waals surface area contributed by atoms with Crippen LogP contribution in [-0.2, 0) is 13.0 Å². The van der Waals surface area contributed by atoms with E-state index in [4.69, 9.17) is 0 Å². The van der Waals surface area contributed by atoms with Crippen molar-refractivity contribution >= 4 is 5.65 Å². The molecule has 0 radical (unpaired) electrons. The first-order valence-electron chi connectivity index (χ1n) is 8.66. The van der Waals surface area contributed by atoms with Gasteiger partial charge in [0.05, 0.1) is 5.69 Å². The van der Waals surface area contributed by atoms with Crippen LogP contribution in [0.15, 0.2) is 36.7 Å². The molecular formula is C18H22N6. The van der Waals surface area contributed by atoms with E-state index in [1.807, 2.05) is 30.5 Å². The molecule has 3 aromatic rings. The molecule has 124 valence electrons. The number of piperidine rings is 1. The lowest BCUT2D eigenvalue weighted by atomic mass is 9.97. The van der Waals surface area contributed by atoms with Crippen LogP contribution in [0.25, 0.3) is 5.65 Å². The molecule has 1 aliphatic rings. The minimum atomic E-state index is 0.420. The normalized spacial score (nSPS) is 19.0. The fraction of sp³-hybridized carbons (Fsp3) is 0.444. The van der Waals surface area contributed by atoms with Crippen LogP contribution < -0.4 is 0 Å². The maximum Gasteiger partial charge on any atom is 0.160 e. The first kappa shape index (κ1) is 15.2. The predicted octanol–water partition coefficient (Wildman–Crippen LogP) is 2.46. The van der Waals surface area contributed by atoms with Crippen molar-refractivity contribution in [1.29, 1.82) is 0 Å². The van der Waals surface area contributed by atoms with Gasteiger partial charge in [-0.25, -0.2) is 9.97 Å². The highest BCUT2D eigenvalue weighted by molar-refractivity contribution is 5.37. The lowest BCUT2D eigenvalue weighted by molar-refractivity contribution is 0.194. The summed E-state index contributed by atoms with van der Waals surface area (Å²) in [5.41, 5.74) is 2.03. The minimum Gasteiger partial charge on any atom is -0.297 e. The van der Waals surface area contributed by atoms with Crippen LogP contribution in [0.5, 0.6) is 0 Å². The molecule has 1 atom stereocenters. The number of aromatic nitrogens is 5. The van der Waals surface area contributed by atoms with Gasteiger partial charge in [0.25, 0.3) is 0 Å². The first-order valence-corrected chi connectivity index (χ1v) is 8.66. The van der Waals surface area contributed by atoms with Crippen molar-refractivity contribution in [3.63, 3.8) is 0 Å². The van der Waals surface area contributed by atoms with Crippen LogP contribution in [0.4, 0.5) is 0 Å². The van der Waals surface area contributed by atoms with Crippen molar-refractivity contribution in [1.82, 2.24) is 29.5 Å². The Morgan fingerprint density at radius 3 is 3.08 bits per heavy atom. The Labute approximate surface area is 141 Å². The molecule has 24 heavy (non-hydrogen) atoms. The van der Waals surface area contributed by atoms with Gasteiger partial charge in [0.2, 0.25) is 0 Å². The second-order valence-corrected chi connectivity index (χ2v) is 6.38. The number of hydrogen-bond acceptors (Lipinski definition) is 5. The van der Waals surface area contributed by atoms with Crippen LogP contribution in [-0.4, -0.2) is 42.6 Å². The fourth-order valence-corrected chi connectivity index (χ4v) is 3.48. The monoisotopic (exact) mass is 322 g/mol. The van der Waals surface area contributed by atoms with Crippen molar-refractivity contribution in [2.75, 3.05) is 13.1 Å². The van der Waals surface area contributed by atoms with E-state index in [-0.39, 0.29) is 0 Å². The number of nitrogens with zero attached hydrogens (tertiary/aromatic N) is 6. The zero-order valence-corrected chi connectivity index (χ0v) is 14.0. The number of likely N-dealkylation sites (tertiary alicyclic amines) is 1. The van der Waals surface area contributed by atoms with Gasteiger partial charge in [-0.05, 0) is 37.6 Å². The molecule has 6 heteroatoms. The van der Waals surface area contributed by atoms with E-state index < -0.39 is 0 Å². The summed E-state index contributed by atoms with van der Waals surface area (Å²) in [6.45, 7) is 5.08. The maximum atomic E-state index is 4.64. The van der Waals surface area contributed by atoms with Crippen molar-refractivity contribution in [3.05, 3.63) is 54.0 Å². The zero-order chi connectivity index (χ0) is 16.4. The Hall–Kier alpha value is -2.34. The van der Waals surface area contributed by atoms with Crippen LogP contribution in [0.2, 0.25) is 0 Å². The number of rotatable bonds is 4. The van der Waals surface area contributed by atoms with Gasteiger partial charge in [-0.15, -0.1) is 10.2 Å². The standard InChI is InChI=1S/C18H22N6/c1-2-16-19-9-8-15(20-16)13-23-10-5-6-14(12-23)18-22-21-17-7-3-4-11-24(17)18/h3-4,7-9,11,14H,2,5-6,10,12-13H2,1H3. The summed E-state index contributed by atoms with van der Waals surface area (Å²) in [7, 11) is 0. The SMILES string of the molecule is CCc1nccc(CN2CCCC(c3nnc4ccccn34)C2)n1. The molecule has 4 heterocycles. The van der Waals surface area contributed by atoms with Crippen molar-refractivity contribution in [2.24, 2.45) is 0 Å². The van der Waals surface area contributed by atoms with Gasteiger partial charge >= 0.3 is 0 Å². The Balaban J connectivity index is 1.51. The van der Waals surface area contributed by atoms with Crippen molar-refractivity contribution in [2.45, 2.75) is 38.6 Å². The van der Waals surface area contributed by atoms with Gasteiger partial charge in [0, 0.05) is 37.8 Å². The maximum absolute atomic E-state index is 4.64. The van der Waals surface area contributed by atoms with Crippen LogP contribution in [0.1, 0.15) is 43.0 Å². The van der Waals surface area contributed by atoms with Crippen LogP contribution in [0, 0.1) is 0 Å². The third-order valence-electron chi connectivity index (χ3n) is 4.68. The van der Waals surface area contributed by atoms with Gasteiger partial charge in [-0.3, -0.25) is 9.30 Å². The highest BCUT2D eigenvalue weighted by Gasteiger charge is 2.25. The molecule has 0 amide bonds. The summed E-state index contributed by atoms with van der Waals surface area (Å²) in [5, 5.41) is 8.75. The van der Waals surface area contributed by atoms with Crippen LogP contribution in [0.3, 0.4) is 0 Å². The Kier molecular flexibility index (Phi) is 4.21. The predicted molar refractivity (Wildman–Crippen MR) is 91.6 cm³/mol. The highest BCUT2D eigenvalue weighted by atomic mass is 15.3. The fourth-order valence-electron chi connectivity index (χ4n) is 3.48. The molecule has 1 fully saturated rings. The Morgan fingerprint density at radius 1 is 1.21 bits per heavy atom. The van der Waals surface area contributed by atoms with E-state index in [9.17, 15) is 0 Å². The van der Waals surface area contributed by atoms with E-state index in [0.717, 1.165) is 55.5 Å². The quantitative estimate of drug-likeness (QED) is 0.738. The topological polar surface area (TPSA) is 59.2 Å². The molecule has 0 N–H and O–H groups in total. The molecule has 0 saturated carbocycles. The molecule has 0 bridgehead atoms. The van der Waals surface area contributed by atoms with Gasteiger partial charge in [0.15, 0.2) is 5.65 Å². The lowest BCUT2D eigenvalue weighted by Crippen LogP contribution is -2.34. The summed E-state index contributed by atoms with van der Waals surface area (Å²) in [4.78, 5) is 11.4. The highest BCUT2D eigenvalue weighted by Crippen LogP contribution is 2.26. The van der Waals surface area contributed by atoms with Gasteiger partial charge in [0.1, 0.15) is 11.6 Å². The second kappa shape index (κ2) is 6.65. The van der Waals surface area contributed by atoms with Gasteiger partial charge in [-0.2, -0.15) is 0 Å².